The van der Waals surface area contributed by atoms with Gasteiger partial charge in [0.2, 0.25) is 0 Å². The van der Waals surface area contributed by atoms with Gasteiger partial charge in [0.05, 0.1) is 18.4 Å². The number of benzene rings is 1. The Morgan fingerprint density at radius 3 is 2.94 bits per heavy atom. The van der Waals surface area contributed by atoms with Crippen LogP contribution in [0.1, 0.15) is 11.1 Å². The molecule has 17 heavy (non-hydrogen) atoms. The number of rotatable bonds is 2. The zero-order valence-corrected chi connectivity index (χ0v) is 9.35. The van der Waals surface area contributed by atoms with E-state index in [2.05, 4.69) is 5.10 Å². The Hall–Kier alpha value is -2.17. The molecule has 4 nitrogen and oxygen atoms in total. The minimum absolute atomic E-state index is 0.0719. The molecule has 0 aliphatic rings. The summed E-state index contributed by atoms with van der Waals surface area (Å²) in [4.78, 5) is 11.6. The molecule has 1 aromatic heterocycles. The van der Waals surface area contributed by atoms with Gasteiger partial charge in [0, 0.05) is 11.6 Å². The lowest BCUT2D eigenvalue weighted by molar-refractivity contribution is 0.574. The summed E-state index contributed by atoms with van der Waals surface area (Å²) >= 11 is 0. The summed E-state index contributed by atoms with van der Waals surface area (Å²) in [5.41, 5.74) is 6.40. The highest BCUT2D eigenvalue weighted by Crippen LogP contribution is 2.14. The second-order valence-electron chi connectivity index (χ2n) is 3.85. The average Bonchev–Trinajstić information content (AvgIpc) is 2.28. The monoisotopic (exact) mass is 233 g/mol. The van der Waals surface area contributed by atoms with E-state index >= 15 is 0 Å². The molecule has 0 spiro atoms. The van der Waals surface area contributed by atoms with Gasteiger partial charge >= 0.3 is 0 Å². The van der Waals surface area contributed by atoms with Crippen molar-refractivity contribution in [2.75, 3.05) is 5.73 Å². The van der Waals surface area contributed by atoms with Crippen molar-refractivity contribution in [3.63, 3.8) is 0 Å². The van der Waals surface area contributed by atoms with Crippen LogP contribution in [-0.4, -0.2) is 9.78 Å². The van der Waals surface area contributed by atoms with Crippen molar-refractivity contribution >= 4 is 5.69 Å². The number of nitrogen functional groups attached to an aromatic ring is 1. The minimum Gasteiger partial charge on any atom is -0.396 e. The van der Waals surface area contributed by atoms with E-state index in [0.717, 1.165) is 5.56 Å². The maximum absolute atomic E-state index is 13.6. The molecule has 0 amide bonds. The molecule has 1 heterocycles. The van der Waals surface area contributed by atoms with Crippen LogP contribution in [0.5, 0.6) is 0 Å². The minimum atomic E-state index is -0.498. The van der Waals surface area contributed by atoms with E-state index in [1.165, 1.54) is 16.8 Å². The van der Waals surface area contributed by atoms with E-state index in [1.807, 2.05) is 0 Å². The fourth-order valence-electron chi connectivity index (χ4n) is 1.53. The molecule has 0 aliphatic heterocycles. The number of hydrogen-bond donors (Lipinski definition) is 1. The maximum atomic E-state index is 13.6. The highest BCUT2D eigenvalue weighted by atomic mass is 19.1. The van der Waals surface area contributed by atoms with E-state index in [-0.39, 0.29) is 17.8 Å². The topological polar surface area (TPSA) is 60.9 Å². The molecule has 0 fully saturated rings. The third kappa shape index (κ3) is 2.33. The first-order chi connectivity index (χ1) is 8.08. The summed E-state index contributed by atoms with van der Waals surface area (Å²) in [6.45, 7) is 1.86. The van der Waals surface area contributed by atoms with Gasteiger partial charge in [0.15, 0.2) is 5.82 Å². The van der Waals surface area contributed by atoms with E-state index < -0.39 is 5.82 Å². The summed E-state index contributed by atoms with van der Waals surface area (Å²) in [6.07, 6.45) is 1.56. The summed E-state index contributed by atoms with van der Waals surface area (Å²) in [7, 11) is 0. The molecule has 2 aromatic rings. The van der Waals surface area contributed by atoms with Crippen molar-refractivity contribution in [2.24, 2.45) is 0 Å². The summed E-state index contributed by atoms with van der Waals surface area (Å²) < 4.78 is 14.8. The van der Waals surface area contributed by atoms with Crippen molar-refractivity contribution in [1.29, 1.82) is 0 Å². The second kappa shape index (κ2) is 4.37. The lowest BCUT2D eigenvalue weighted by Gasteiger charge is -2.07. The zero-order chi connectivity index (χ0) is 12.4. The predicted molar refractivity (Wildman–Crippen MR) is 63.1 cm³/mol. The zero-order valence-electron chi connectivity index (χ0n) is 9.35. The number of nitrogens with two attached hydrogens (primary N) is 1. The summed E-state index contributed by atoms with van der Waals surface area (Å²) in [6, 6.07) is 6.16. The maximum Gasteiger partial charge on any atom is 0.267 e. The Kier molecular flexibility index (Phi) is 2.91. The Labute approximate surface area is 97.5 Å². The first-order valence-corrected chi connectivity index (χ1v) is 5.14. The van der Waals surface area contributed by atoms with Crippen LogP contribution in [0.2, 0.25) is 0 Å². The number of aromatic nitrogens is 2. The standard InChI is InChI=1S/C12H12FN3O/c1-8-5-11(17)16(15-6-8)7-9-3-2-4-10(14)12(9)13/h2-6H,7,14H2,1H3. The molecule has 0 saturated heterocycles. The Balaban J connectivity index is 2.38. The lowest BCUT2D eigenvalue weighted by Crippen LogP contribution is -2.23. The highest BCUT2D eigenvalue weighted by molar-refractivity contribution is 5.42. The van der Waals surface area contributed by atoms with Gasteiger partial charge in [0.1, 0.15) is 0 Å². The number of hydrogen-bond acceptors (Lipinski definition) is 3. The van der Waals surface area contributed by atoms with Crippen LogP contribution in [0.4, 0.5) is 10.1 Å². The average molecular weight is 233 g/mol. The van der Waals surface area contributed by atoms with Gasteiger partial charge in [-0.05, 0) is 18.6 Å². The van der Waals surface area contributed by atoms with Crippen LogP contribution >= 0.6 is 0 Å². The Bertz CT molecular complexity index is 607. The van der Waals surface area contributed by atoms with Crippen molar-refractivity contribution < 1.29 is 4.39 Å². The van der Waals surface area contributed by atoms with Crippen LogP contribution in [-0.2, 0) is 6.54 Å². The van der Waals surface area contributed by atoms with Crippen molar-refractivity contribution in [1.82, 2.24) is 9.78 Å². The molecule has 5 heteroatoms. The molecule has 2 rings (SSSR count). The molecule has 0 aliphatic carbocycles. The van der Waals surface area contributed by atoms with Gasteiger partial charge in [-0.2, -0.15) is 5.10 Å². The predicted octanol–water partition coefficient (Wildman–Crippen LogP) is 1.32. The Morgan fingerprint density at radius 1 is 1.47 bits per heavy atom. The molecule has 88 valence electrons. The third-order valence-corrected chi connectivity index (χ3v) is 2.43. The second-order valence-corrected chi connectivity index (χ2v) is 3.85. The number of nitrogens with zero attached hydrogens (tertiary/aromatic N) is 2. The van der Waals surface area contributed by atoms with Crippen LogP contribution in [0.3, 0.4) is 0 Å². The molecule has 0 unspecified atom stereocenters. The van der Waals surface area contributed by atoms with Crippen molar-refractivity contribution in [2.45, 2.75) is 13.5 Å². The quantitative estimate of drug-likeness (QED) is 0.796. The van der Waals surface area contributed by atoms with Crippen LogP contribution in [0.15, 0.2) is 35.3 Å². The normalized spacial score (nSPS) is 10.5. The van der Waals surface area contributed by atoms with E-state index in [9.17, 15) is 9.18 Å². The van der Waals surface area contributed by atoms with E-state index in [0.29, 0.717) is 5.56 Å². The van der Waals surface area contributed by atoms with Gasteiger partial charge in [-0.25, -0.2) is 9.07 Å². The molecule has 0 atom stereocenters. The molecule has 0 radical (unpaired) electrons. The fourth-order valence-corrected chi connectivity index (χ4v) is 1.53. The Morgan fingerprint density at radius 2 is 2.24 bits per heavy atom. The SMILES string of the molecule is Cc1cnn(Cc2cccc(N)c2F)c(=O)c1. The van der Waals surface area contributed by atoms with E-state index in [4.69, 9.17) is 5.73 Å². The first-order valence-electron chi connectivity index (χ1n) is 5.14. The fraction of sp³-hybridized carbons (Fsp3) is 0.167. The van der Waals surface area contributed by atoms with Gasteiger partial charge in [-0.15, -0.1) is 0 Å². The van der Waals surface area contributed by atoms with Crippen molar-refractivity contribution in [3.8, 4) is 0 Å². The summed E-state index contributed by atoms with van der Waals surface area (Å²) in [5.74, 6) is -0.498. The smallest absolute Gasteiger partial charge is 0.267 e. The molecule has 0 saturated carbocycles. The molecular weight excluding hydrogens is 221 g/mol. The van der Waals surface area contributed by atoms with Gasteiger partial charge < -0.3 is 5.73 Å². The number of anilines is 1. The van der Waals surface area contributed by atoms with Crippen LogP contribution < -0.4 is 11.3 Å². The lowest BCUT2D eigenvalue weighted by atomic mass is 10.2. The number of aryl methyl sites for hydroxylation is 1. The van der Waals surface area contributed by atoms with Gasteiger partial charge in [-0.1, -0.05) is 12.1 Å². The van der Waals surface area contributed by atoms with Crippen LogP contribution in [0.25, 0.3) is 0 Å². The highest BCUT2D eigenvalue weighted by Gasteiger charge is 2.07. The molecule has 0 bridgehead atoms. The molecule has 2 N–H and O–H groups in total. The van der Waals surface area contributed by atoms with E-state index in [1.54, 1.807) is 25.3 Å². The van der Waals surface area contributed by atoms with Gasteiger partial charge in [-0.3, -0.25) is 4.79 Å². The number of halogens is 1. The largest absolute Gasteiger partial charge is 0.396 e. The van der Waals surface area contributed by atoms with Crippen molar-refractivity contribution in [3.05, 3.63) is 57.8 Å². The van der Waals surface area contributed by atoms with Gasteiger partial charge in [0.25, 0.3) is 5.56 Å². The third-order valence-electron chi connectivity index (χ3n) is 2.43. The molecule has 1 aromatic carbocycles. The molecular formula is C12H12FN3O. The summed E-state index contributed by atoms with van der Waals surface area (Å²) in [5, 5.41) is 3.94. The first kappa shape index (κ1) is 11.3. The van der Waals surface area contributed by atoms with Crippen LogP contribution in [0, 0.1) is 12.7 Å².